The van der Waals surface area contributed by atoms with Crippen molar-refractivity contribution in [3.05, 3.63) is 35.4 Å². The van der Waals surface area contributed by atoms with E-state index < -0.39 is 0 Å². The summed E-state index contributed by atoms with van der Waals surface area (Å²) in [5.41, 5.74) is 2.66. The fourth-order valence-electron chi connectivity index (χ4n) is 4.30. The highest BCUT2D eigenvalue weighted by Gasteiger charge is 2.48. The summed E-state index contributed by atoms with van der Waals surface area (Å²) < 4.78 is 0. The molecule has 2 heterocycles. The van der Waals surface area contributed by atoms with Gasteiger partial charge in [-0.25, -0.2) is 0 Å². The number of nitrogens with zero attached hydrogens (tertiary/aromatic N) is 1. The van der Waals surface area contributed by atoms with Gasteiger partial charge in [0, 0.05) is 24.4 Å². The lowest BCUT2D eigenvalue weighted by Crippen LogP contribution is -2.48. The summed E-state index contributed by atoms with van der Waals surface area (Å²) in [4.78, 5) is 15.0. The maximum atomic E-state index is 12.5. The van der Waals surface area contributed by atoms with Crippen LogP contribution in [0.4, 0.5) is 0 Å². The highest BCUT2D eigenvalue weighted by Crippen LogP contribution is 2.46. The van der Waals surface area contributed by atoms with Crippen molar-refractivity contribution in [3.8, 4) is 0 Å². The Labute approximate surface area is 122 Å². The number of rotatable bonds is 3. The van der Waals surface area contributed by atoms with Crippen molar-refractivity contribution in [2.75, 3.05) is 7.05 Å². The Bertz CT molecular complexity index is 493. The summed E-state index contributed by atoms with van der Waals surface area (Å²) in [5.74, 6) is 1.08. The van der Waals surface area contributed by atoms with Crippen LogP contribution in [0.15, 0.2) is 24.3 Å². The maximum absolute atomic E-state index is 12.5. The van der Waals surface area contributed by atoms with E-state index >= 15 is 0 Å². The van der Waals surface area contributed by atoms with Gasteiger partial charge in [0.15, 0.2) is 0 Å². The van der Waals surface area contributed by atoms with Gasteiger partial charge in [0.1, 0.15) is 5.78 Å². The number of Topliss-reactive ketones (excluding diaryl/α,β-unsaturated/α-hetero) is 1. The first-order valence-electron chi connectivity index (χ1n) is 7.93. The SMILES string of the molecule is CCC(=O)C1C(c2ccc(C)cc2)CC2CC[C@@H]1N2C. The minimum atomic E-state index is 0.200. The number of benzene rings is 1. The smallest absolute Gasteiger partial charge is 0.137 e. The van der Waals surface area contributed by atoms with Crippen molar-refractivity contribution in [3.63, 3.8) is 0 Å². The van der Waals surface area contributed by atoms with Crippen molar-refractivity contribution in [2.45, 2.75) is 57.5 Å². The van der Waals surface area contributed by atoms with Crippen molar-refractivity contribution < 1.29 is 4.79 Å². The van der Waals surface area contributed by atoms with Crippen molar-refractivity contribution in [2.24, 2.45) is 5.92 Å². The van der Waals surface area contributed by atoms with Gasteiger partial charge in [-0.1, -0.05) is 36.8 Å². The second-order valence-electron chi connectivity index (χ2n) is 6.56. The van der Waals surface area contributed by atoms with Gasteiger partial charge in [-0.3, -0.25) is 9.69 Å². The van der Waals surface area contributed by atoms with E-state index in [0.29, 0.717) is 30.2 Å². The summed E-state index contributed by atoms with van der Waals surface area (Å²) in [6, 6.07) is 9.98. The molecule has 2 aliphatic rings. The fourth-order valence-corrected chi connectivity index (χ4v) is 4.30. The number of carbonyl (C=O) groups is 1. The van der Waals surface area contributed by atoms with E-state index in [9.17, 15) is 4.79 Å². The standard InChI is InChI=1S/C18H25NO/c1-4-17(20)18-15(13-7-5-12(2)6-8-13)11-14-9-10-16(18)19(14)3/h5-8,14-16,18H,4,9-11H2,1-3H3/t14?,15?,16-,18?/m0/s1. The highest BCUT2D eigenvalue weighted by atomic mass is 16.1. The lowest BCUT2D eigenvalue weighted by molar-refractivity contribution is -0.126. The molecule has 0 aliphatic carbocycles. The predicted molar refractivity (Wildman–Crippen MR) is 81.9 cm³/mol. The van der Waals surface area contributed by atoms with Gasteiger partial charge in [0.05, 0.1) is 0 Å². The van der Waals surface area contributed by atoms with Gasteiger partial charge < -0.3 is 0 Å². The summed E-state index contributed by atoms with van der Waals surface area (Å²) in [6.07, 6.45) is 4.27. The molecule has 2 fully saturated rings. The predicted octanol–water partition coefficient (Wildman–Crippen LogP) is 3.54. The zero-order chi connectivity index (χ0) is 14.3. The van der Waals surface area contributed by atoms with Gasteiger partial charge >= 0.3 is 0 Å². The number of aryl methyl sites for hydroxylation is 1. The van der Waals surface area contributed by atoms with Gasteiger partial charge in [-0.05, 0) is 44.7 Å². The molecule has 3 rings (SSSR count). The summed E-state index contributed by atoms with van der Waals surface area (Å²) in [7, 11) is 2.21. The molecule has 2 saturated heterocycles. The summed E-state index contributed by atoms with van der Waals surface area (Å²) in [6.45, 7) is 4.13. The number of hydrogen-bond donors (Lipinski definition) is 0. The Morgan fingerprint density at radius 3 is 2.60 bits per heavy atom. The third-order valence-corrected chi connectivity index (χ3v) is 5.49. The fraction of sp³-hybridized carbons (Fsp3) is 0.611. The van der Waals surface area contributed by atoms with E-state index in [1.807, 2.05) is 6.92 Å². The van der Waals surface area contributed by atoms with Gasteiger partial charge in [0.25, 0.3) is 0 Å². The van der Waals surface area contributed by atoms with Crippen molar-refractivity contribution in [1.29, 1.82) is 0 Å². The van der Waals surface area contributed by atoms with Crippen LogP contribution in [-0.4, -0.2) is 29.8 Å². The summed E-state index contributed by atoms with van der Waals surface area (Å²) >= 11 is 0. The van der Waals surface area contributed by atoms with E-state index in [4.69, 9.17) is 0 Å². The van der Waals surface area contributed by atoms with Crippen LogP contribution in [0.1, 0.15) is 49.7 Å². The van der Waals surface area contributed by atoms with Crippen LogP contribution in [0.25, 0.3) is 0 Å². The second-order valence-corrected chi connectivity index (χ2v) is 6.56. The molecule has 4 atom stereocenters. The summed E-state index contributed by atoms with van der Waals surface area (Å²) in [5, 5.41) is 0. The molecule has 0 N–H and O–H groups in total. The van der Waals surface area contributed by atoms with E-state index in [2.05, 4.69) is 43.1 Å². The molecule has 0 aromatic heterocycles. The Morgan fingerprint density at radius 1 is 1.25 bits per heavy atom. The van der Waals surface area contributed by atoms with Crippen LogP contribution in [-0.2, 0) is 4.79 Å². The molecule has 1 aromatic rings. The first-order valence-corrected chi connectivity index (χ1v) is 7.93. The van der Waals surface area contributed by atoms with E-state index in [1.54, 1.807) is 0 Å². The Morgan fingerprint density at radius 2 is 1.95 bits per heavy atom. The molecule has 2 nitrogen and oxygen atoms in total. The lowest BCUT2D eigenvalue weighted by atomic mass is 9.73. The average molecular weight is 271 g/mol. The van der Waals surface area contributed by atoms with Crippen LogP contribution < -0.4 is 0 Å². The van der Waals surface area contributed by atoms with Crippen LogP contribution in [0.3, 0.4) is 0 Å². The average Bonchev–Trinajstić information content (AvgIpc) is 2.70. The van der Waals surface area contributed by atoms with Gasteiger partial charge in [-0.15, -0.1) is 0 Å². The lowest BCUT2D eigenvalue weighted by Gasteiger charge is -2.42. The minimum Gasteiger partial charge on any atom is -0.300 e. The number of fused-ring (bicyclic) bond motifs is 2. The molecule has 2 heteroatoms. The molecule has 20 heavy (non-hydrogen) atoms. The van der Waals surface area contributed by atoms with Crippen molar-refractivity contribution in [1.82, 2.24) is 4.90 Å². The van der Waals surface area contributed by atoms with Crippen LogP contribution >= 0.6 is 0 Å². The topological polar surface area (TPSA) is 20.3 Å². The molecule has 2 bridgehead atoms. The molecule has 0 spiro atoms. The van der Waals surface area contributed by atoms with E-state index in [0.717, 1.165) is 6.42 Å². The molecule has 3 unspecified atom stereocenters. The van der Waals surface area contributed by atoms with E-state index in [1.165, 1.54) is 24.0 Å². The first-order chi connectivity index (χ1) is 9.61. The maximum Gasteiger partial charge on any atom is 0.137 e. The molecule has 0 saturated carbocycles. The molecule has 108 valence electrons. The van der Waals surface area contributed by atoms with Gasteiger partial charge in [0.2, 0.25) is 0 Å². The van der Waals surface area contributed by atoms with E-state index in [-0.39, 0.29) is 5.92 Å². The largest absolute Gasteiger partial charge is 0.300 e. The molecule has 0 radical (unpaired) electrons. The second kappa shape index (κ2) is 5.33. The zero-order valence-corrected chi connectivity index (χ0v) is 12.8. The quantitative estimate of drug-likeness (QED) is 0.838. The zero-order valence-electron chi connectivity index (χ0n) is 12.8. The van der Waals surface area contributed by atoms with Crippen LogP contribution in [0.5, 0.6) is 0 Å². The third kappa shape index (κ3) is 2.20. The number of piperidine rings is 1. The van der Waals surface area contributed by atoms with Gasteiger partial charge in [-0.2, -0.15) is 0 Å². The molecular formula is C18H25NO. The molecule has 2 aliphatic heterocycles. The normalized spacial score (nSPS) is 33.4. The molecule has 1 aromatic carbocycles. The highest BCUT2D eigenvalue weighted by molar-refractivity contribution is 5.82. The van der Waals surface area contributed by atoms with Crippen molar-refractivity contribution >= 4 is 5.78 Å². The molecule has 0 amide bonds. The van der Waals surface area contributed by atoms with Crippen LogP contribution in [0, 0.1) is 12.8 Å². The number of ketones is 1. The number of hydrogen-bond acceptors (Lipinski definition) is 2. The minimum absolute atomic E-state index is 0.200. The number of carbonyl (C=O) groups excluding carboxylic acids is 1. The third-order valence-electron chi connectivity index (χ3n) is 5.49. The molecular weight excluding hydrogens is 246 g/mol. The Hall–Kier alpha value is -1.15. The van der Waals surface area contributed by atoms with Crippen LogP contribution in [0.2, 0.25) is 0 Å². The first kappa shape index (κ1) is 13.8. The monoisotopic (exact) mass is 271 g/mol. The Kier molecular flexibility index (Phi) is 3.68. The Balaban J connectivity index is 1.95.